The number of hydrogen-bond donors (Lipinski definition) is 4. The topological polar surface area (TPSA) is 169 Å². The minimum atomic E-state index is -2.02. The van der Waals surface area contributed by atoms with Gasteiger partial charge in [-0.25, -0.2) is 9.59 Å². The molecule has 0 spiro atoms. The van der Waals surface area contributed by atoms with Crippen LogP contribution < -0.4 is 0 Å². The van der Waals surface area contributed by atoms with Crippen molar-refractivity contribution in [2.45, 2.75) is 129 Å². The molecule has 0 radical (unpaired) electrons. The number of ether oxygens (including phenoxy) is 4. The number of esters is 3. The predicted molar refractivity (Wildman–Crippen MR) is 178 cm³/mol. The van der Waals surface area contributed by atoms with E-state index >= 15 is 0 Å². The summed E-state index contributed by atoms with van der Waals surface area (Å²) in [6.45, 7) is 15.8. The van der Waals surface area contributed by atoms with E-state index in [0.29, 0.717) is 17.6 Å². The zero-order valence-corrected chi connectivity index (χ0v) is 30.1. The van der Waals surface area contributed by atoms with E-state index in [1.54, 1.807) is 71.9 Å². The third-order valence-electron chi connectivity index (χ3n) is 12.4. The number of benzene rings is 1. The minimum Gasteiger partial charge on any atom is -0.456 e. The lowest BCUT2D eigenvalue weighted by atomic mass is 9.43. The molecule has 1 heterocycles. The minimum absolute atomic E-state index is 0.0376. The molecule has 11 heteroatoms. The van der Waals surface area contributed by atoms with E-state index in [1.165, 1.54) is 6.92 Å². The first-order valence-electron chi connectivity index (χ1n) is 17.5. The van der Waals surface area contributed by atoms with Gasteiger partial charge in [0.1, 0.15) is 23.9 Å². The van der Waals surface area contributed by atoms with Crippen molar-refractivity contribution in [1.82, 2.24) is 0 Å². The molecule has 11 nitrogen and oxygen atoms in total. The summed E-state index contributed by atoms with van der Waals surface area (Å²) in [7, 11) is 0. The van der Waals surface area contributed by atoms with Gasteiger partial charge in [-0.05, 0) is 42.9 Å². The Morgan fingerprint density at radius 2 is 1.67 bits per heavy atom. The Morgan fingerprint density at radius 3 is 2.22 bits per heavy atom. The van der Waals surface area contributed by atoms with Crippen LogP contribution in [0.15, 0.2) is 41.5 Å². The van der Waals surface area contributed by atoms with Crippen molar-refractivity contribution in [2.75, 3.05) is 6.61 Å². The summed E-state index contributed by atoms with van der Waals surface area (Å²) >= 11 is 0. The molecule has 0 amide bonds. The molecule has 1 aromatic rings. The van der Waals surface area contributed by atoms with Crippen LogP contribution in [0.4, 0.5) is 0 Å². The number of aliphatic hydroxyl groups excluding tert-OH is 3. The lowest BCUT2D eigenvalue weighted by molar-refractivity contribution is -0.363. The van der Waals surface area contributed by atoms with E-state index < -0.39 is 94.3 Å². The molecular weight excluding hydrogens is 632 g/mol. The molecule has 3 aliphatic carbocycles. The Bertz CT molecular complexity index is 1470. The van der Waals surface area contributed by atoms with E-state index in [9.17, 15) is 34.8 Å². The van der Waals surface area contributed by atoms with Crippen molar-refractivity contribution in [1.29, 1.82) is 0 Å². The molecule has 272 valence electrons. The van der Waals surface area contributed by atoms with Crippen LogP contribution in [0, 0.1) is 34.5 Å². The third-order valence-corrected chi connectivity index (χ3v) is 12.4. The monoisotopic (exact) mass is 686 g/mol. The number of rotatable bonds is 8. The molecule has 4 N–H and O–H groups in total. The summed E-state index contributed by atoms with van der Waals surface area (Å²) in [6.07, 6.45) is -6.94. The van der Waals surface area contributed by atoms with Crippen LogP contribution in [0.1, 0.15) is 91.9 Å². The molecular formula is C38H54O11. The summed E-state index contributed by atoms with van der Waals surface area (Å²) in [5, 5.41) is 48.7. The normalized spacial score (nSPS) is 39.3. The smallest absolute Gasteiger partial charge is 0.338 e. The number of fused-ring (bicyclic) bond motifs is 5. The fourth-order valence-corrected chi connectivity index (χ4v) is 9.83. The van der Waals surface area contributed by atoms with E-state index in [0.717, 1.165) is 0 Å². The molecule has 0 aromatic heterocycles. The zero-order valence-electron chi connectivity index (χ0n) is 30.1. The van der Waals surface area contributed by atoms with Gasteiger partial charge in [0.05, 0.1) is 30.3 Å². The maximum absolute atomic E-state index is 14.0. The van der Waals surface area contributed by atoms with Gasteiger partial charge in [-0.15, -0.1) is 0 Å². The van der Waals surface area contributed by atoms with Crippen molar-refractivity contribution >= 4 is 17.9 Å². The van der Waals surface area contributed by atoms with Gasteiger partial charge in [0.15, 0.2) is 11.7 Å². The Morgan fingerprint density at radius 1 is 1.04 bits per heavy atom. The molecule has 1 saturated heterocycles. The summed E-state index contributed by atoms with van der Waals surface area (Å²) in [5.74, 6) is -4.29. The second kappa shape index (κ2) is 13.1. The number of carbonyl (C=O) groups is 3. The standard InChI is InChI=1S/C38H54O11/c1-19(2)15-20(3)29(41)34(44)47-25-17-38(45)32(48-33(43)24-13-11-10-12-14-24)30-36(9,31(42)22(5)28(21(25)4)35(38,7)8)26(40)16-27-37(30,18-46-27)49-23(6)39/h10-14,19-20,22,25-27,29-32,40-42,45H,15-18H2,1-9H3/t20-,22+,25-,26-,27+,29+,30-,31-,32-,36+,37-,38+/m0/s1. The predicted octanol–water partition coefficient (Wildman–Crippen LogP) is 3.74. The quantitative estimate of drug-likeness (QED) is 0.179. The Kier molecular flexibility index (Phi) is 9.97. The number of aliphatic hydroxyl groups is 4. The summed E-state index contributed by atoms with van der Waals surface area (Å²) in [4.78, 5) is 40.3. The molecule has 1 aromatic carbocycles. The van der Waals surface area contributed by atoms with E-state index in [1.807, 2.05) is 13.8 Å². The van der Waals surface area contributed by atoms with Crippen molar-refractivity contribution in [3.8, 4) is 0 Å². The fourth-order valence-electron chi connectivity index (χ4n) is 9.83. The van der Waals surface area contributed by atoms with Crippen molar-refractivity contribution in [3.63, 3.8) is 0 Å². The molecule has 0 unspecified atom stereocenters. The highest BCUT2D eigenvalue weighted by atomic mass is 16.6. The third kappa shape index (κ3) is 5.83. The summed E-state index contributed by atoms with van der Waals surface area (Å²) in [5.41, 5.74) is -4.82. The molecule has 49 heavy (non-hydrogen) atoms. The first kappa shape index (κ1) is 37.4. The Labute approximate surface area is 289 Å². The van der Waals surface area contributed by atoms with Crippen LogP contribution in [0.2, 0.25) is 0 Å². The Balaban J connectivity index is 1.73. The second-order valence-electron chi connectivity index (χ2n) is 16.2. The van der Waals surface area contributed by atoms with E-state index in [4.69, 9.17) is 18.9 Å². The first-order valence-corrected chi connectivity index (χ1v) is 17.5. The van der Waals surface area contributed by atoms with E-state index in [-0.39, 0.29) is 30.9 Å². The number of carbonyl (C=O) groups excluding carboxylic acids is 3. The largest absolute Gasteiger partial charge is 0.456 e. The molecule has 2 saturated carbocycles. The molecule has 4 aliphatic rings. The summed E-state index contributed by atoms with van der Waals surface area (Å²) in [6, 6.07) is 8.25. The zero-order chi connectivity index (χ0) is 36.4. The van der Waals surface area contributed by atoms with Crippen LogP contribution in [0.3, 0.4) is 0 Å². The lowest BCUT2D eigenvalue weighted by Gasteiger charge is -2.69. The highest BCUT2D eigenvalue weighted by Crippen LogP contribution is 2.66. The van der Waals surface area contributed by atoms with E-state index in [2.05, 4.69) is 0 Å². The maximum atomic E-state index is 14.0. The van der Waals surface area contributed by atoms with Gasteiger partial charge >= 0.3 is 17.9 Å². The van der Waals surface area contributed by atoms with Gasteiger partial charge in [0.2, 0.25) is 0 Å². The van der Waals surface area contributed by atoms with Crippen molar-refractivity contribution in [3.05, 3.63) is 47.0 Å². The molecule has 3 fully saturated rings. The molecule has 5 rings (SSSR count). The van der Waals surface area contributed by atoms with Crippen molar-refractivity contribution < 1.29 is 53.8 Å². The van der Waals surface area contributed by atoms with Gasteiger partial charge in [0.25, 0.3) is 0 Å². The number of hydrogen-bond acceptors (Lipinski definition) is 11. The fraction of sp³-hybridized carbons (Fsp3) is 0.711. The molecule has 2 bridgehead atoms. The van der Waals surface area contributed by atoms with Gasteiger partial charge in [-0.1, -0.05) is 72.2 Å². The Hall–Kier alpha value is -2.83. The summed E-state index contributed by atoms with van der Waals surface area (Å²) < 4.78 is 24.4. The van der Waals surface area contributed by atoms with Crippen LogP contribution >= 0.6 is 0 Å². The van der Waals surface area contributed by atoms with Gasteiger partial charge in [-0.2, -0.15) is 0 Å². The maximum Gasteiger partial charge on any atom is 0.338 e. The second-order valence-corrected chi connectivity index (χ2v) is 16.2. The van der Waals surface area contributed by atoms with Gasteiger partial charge < -0.3 is 39.4 Å². The van der Waals surface area contributed by atoms with Crippen LogP contribution in [0.25, 0.3) is 0 Å². The lowest BCUT2D eigenvalue weighted by Crippen LogP contribution is -2.81. The molecule has 1 aliphatic heterocycles. The van der Waals surface area contributed by atoms with Gasteiger partial charge in [0, 0.05) is 36.5 Å². The van der Waals surface area contributed by atoms with Crippen LogP contribution in [0.5, 0.6) is 0 Å². The van der Waals surface area contributed by atoms with Crippen molar-refractivity contribution in [2.24, 2.45) is 34.5 Å². The van der Waals surface area contributed by atoms with Gasteiger partial charge in [-0.3, -0.25) is 4.79 Å². The highest BCUT2D eigenvalue weighted by Gasteiger charge is 2.77. The molecule has 12 atom stereocenters. The SMILES string of the molecule is CC(=O)O[C@@]12CO[C@@H]1C[C@H](O)[C@]1(C)[C@@H]2[C@H](OC(=O)c2ccccc2)[C@]2(O)C[C@H](OC(=O)[C@H](O)[C@@H](C)CC(C)C)C(C)=C([C@@H](C)[C@@H]1O)C2(C)C. The first-order chi connectivity index (χ1) is 22.7. The van der Waals surface area contributed by atoms with Crippen LogP contribution in [-0.4, -0.2) is 92.8 Å². The highest BCUT2D eigenvalue weighted by molar-refractivity contribution is 5.89. The van der Waals surface area contributed by atoms with Crippen LogP contribution in [-0.2, 0) is 28.5 Å². The average molecular weight is 687 g/mol. The average Bonchev–Trinajstić information content (AvgIpc) is 3.02.